The Kier molecular flexibility index (Phi) is 12.0. The van der Waals surface area contributed by atoms with Crippen LogP contribution in [0.25, 0.3) is 0 Å². The molecule has 3 heterocycles. The summed E-state index contributed by atoms with van der Waals surface area (Å²) in [7, 11) is 0. The van der Waals surface area contributed by atoms with E-state index in [1.807, 2.05) is 12.1 Å². The number of urea groups is 1. The van der Waals surface area contributed by atoms with Gasteiger partial charge in [0.1, 0.15) is 24.5 Å². The number of aliphatic hydroxyl groups excluding tert-OH is 2. The van der Waals surface area contributed by atoms with Gasteiger partial charge in [0.25, 0.3) is 0 Å². The summed E-state index contributed by atoms with van der Waals surface area (Å²) < 4.78 is 6.51. The number of rotatable bonds is 11. The quantitative estimate of drug-likeness (QED) is 0.164. The SMILES string of the molecule is CC(C)(C)c1ccc(NC(=O)NCCCN(CC2CC2)CC2OC(N3CNC4C(N)NC(C5CCCCCCC5)NC43)C(O)C2O)cc1. The van der Waals surface area contributed by atoms with Crippen LogP contribution in [0.2, 0.25) is 0 Å². The third-order valence-corrected chi connectivity index (χ3v) is 11.2. The van der Waals surface area contributed by atoms with Crippen LogP contribution in [-0.2, 0) is 10.2 Å². The first-order valence-corrected chi connectivity index (χ1v) is 18.7. The van der Waals surface area contributed by atoms with Crippen molar-refractivity contribution < 1.29 is 19.7 Å². The number of amides is 2. The van der Waals surface area contributed by atoms with Crippen molar-refractivity contribution >= 4 is 11.7 Å². The Balaban J connectivity index is 0.995. The van der Waals surface area contributed by atoms with Crippen molar-refractivity contribution in [3.05, 3.63) is 29.8 Å². The molecule has 2 aliphatic carbocycles. The van der Waals surface area contributed by atoms with Crippen molar-refractivity contribution in [2.75, 3.05) is 38.2 Å². The van der Waals surface area contributed by atoms with Crippen LogP contribution < -0.4 is 32.3 Å². The Labute approximate surface area is 287 Å². The molecule has 2 amide bonds. The zero-order valence-corrected chi connectivity index (χ0v) is 29.4. The lowest BCUT2D eigenvalue weighted by atomic mass is 9.87. The lowest BCUT2D eigenvalue weighted by Gasteiger charge is -2.45. The van der Waals surface area contributed by atoms with Crippen molar-refractivity contribution in [2.24, 2.45) is 17.6 Å². The van der Waals surface area contributed by atoms with Gasteiger partial charge in [-0.05, 0) is 73.6 Å². The van der Waals surface area contributed by atoms with Gasteiger partial charge in [-0.15, -0.1) is 0 Å². The molecule has 0 spiro atoms. The molecule has 2 saturated carbocycles. The van der Waals surface area contributed by atoms with Crippen molar-refractivity contribution in [3.63, 3.8) is 0 Å². The van der Waals surface area contributed by atoms with Crippen LogP contribution in [0.5, 0.6) is 0 Å². The molecule has 8 unspecified atom stereocenters. The number of ether oxygens (including phenoxy) is 1. The number of carbonyl (C=O) groups is 1. The number of nitrogens with zero attached hydrogens (tertiary/aromatic N) is 2. The minimum atomic E-state index is -1.02. The fourth-order valence-corrected chi connectivity index (χ4v) is 8.10. The molecule has 270 valence electrons. The van der Waals surface area contributed by atoms with Crippen LogP contribution in [0.4, 0.5) is 10.5 Å². The fraction of sp³-hybridized carbons (Fsp3) is 0.806. The van der Waals surface area contributed by atoms with E-state index in [2.05, 4.69) is 69.3 Å². The normalized spacial score (nSPS) is 33.7. The summed E-state index contributed by atoms with van der Waals surface area (Å²) in [6.07, 6.45) is 8.67. The van der Waals surface area contributed by atoms with Crippen LogP contribution in [0.3, 0.4) is 0 Å². The maximum absolute atomic E-state index is 12.6. The van der Waals surface area contributed by atoms with Crippen molar-refractivity contribution in [2.45, 2.75) is 139 Å². The Bertz CT molecular complexity index is 1170. The topological polar surface area (TPSA) is 159 Å². The molecule has 5 aliphatic rings. The second-order valence-corrected chi connectivity index (χ2v) is 16.1. The molecule has 0 bridgehead atoms. The van der Waals surface area contributed by atoms with Gasteiger partial charge < -0.3 is 36.2 Å². The van der Waals surface area contributed by atoms with E-state index in [1.165, 1.54) is 63.4 Å². The van der Waals surface area contributed by atoms with Gasteiger partial charge in [-0.3, -0.25) is 16.0 Å². The molecule has 1 aromatic rings. The summed E-state index contributed by atoms with van der Waals surface area (Å²) in [6.45, 7) is 9.81. The van der Waals surface area contributed by atoms with Crippen LogP contribution in [0.1, 0.15) is 90.5 Å². The van der Waals surface area contributed by atoms with Gasteiger partial charge in [0.05, 0.1) is 31.2 Å². The molecule has 9 N–H and O–H groups in total. The van der Waals surface area contributed by atoms with Crippen molar-refractivity contribution in [1.82, 2.24) is 31.1 Å². The van der Waals surface area contributed by atoms with E-state index in [1.54, 1.807) is 0 Å². The Morgan fingerprint density at radius 3 is 2.40 bits per heavy atom. The first-order chi connectivity index (χ1) is 23.1. The summed E-state index contributed by atoms with van der Waals surface area (Å²) in [5.74, 6) is 1.18. The molecule has 0 radical (unpaired) electrons. The van der Waals surface area contributed by atoms with Gasteiger partial charge in [-0.1, -0.05) is 65.0 Å². The number of hydrogen-bond acceptors (Lipinski definition) is 10. The van der Waals surface area contributed by atoms with Gasteiger partial charge in [-0.2, -0.15) is 0 Å². The second kappa shape index (κ2) is 16.0. The molecule has 48 heavy (non-hydrogen) atoms. The standard InChI is InChI=1S/C36H62N8O4/c1-36(2,3)25-14-16-26(17-15-25)40-35(47)38-18-9-19-43(20-23-12-13-23)21-27-29(45)30(46)34(48-27)44-22-39-28-31(37)41-32(42-33(28)44)24-10-7-5-4-6-8-11-24/h14-17,23-24,27-34,39,41-42,45-46H,4-13,18-22,37H2,1-3H3,(H2,38,40,47). The highest BCUT2D eigenvalue weighted by atomic mass is 16.6. The van der Waals surface area contributed by atoms with Gasteiger partial charge in [0.2, 0.25) is 0 Å². The molecule has 3 aliphatic heterocycles. The number of nitrogens with two attached hydrogens (primary N) is 1. The maximum atomic E-state index is 12.6. The Hall–Kier alpha value is -1.87. The lowest BCUT2D eigenvalue weighted by Crippen LogP contribution is -2.73. The molecular formula is C36H62N8O4. The van der Waals surface area contributed by atoms with E-state index in [4.69, 9.17) is 10.5 Å². The molecule has 5 fully saturated rings. The second-order valence-electron chi connectivity index (χ2n) is 16.1. The minimum Gasteiger partial charge on any atom is -0.387 e. The summed E-state index contributed by atoms with van der Waals surface area (Å²) in [6, 6.07) is 7.75. The highest BCUT2D eigenvalue weighted by Gasteiger charge is 2.53. The number of nitrogens with one attached hydrogen (secondary N) is 5. The first kappa shape index (κ1) is 35.9. The molecule has 1 aromatic carbocycles. The summed E-state index contributed by atoms with van der Waals surface area (Å²) in [5, 5.41) is 39.4. The van der Waals surface area contributed by atoms with E-state index in [0.29, 0.717) is 31.6 Å². The van der Waals surface area contributed by atoms with Crippen molar-refractivity contribution in [1.29, 1.82) is 0 Å². The third-order valence-electron chi connectivity index (χ3n) is 11.2. The van der Waals surface area contributed by atoms with Crippen LogP contribution >= 0.6 is 0 Å². The molecule has 12 heteroatoms. The number of hydrogen-bond donors (Lipinski definition) is 8. The average molecular weight is 671 g/mol. The highest BCUT2D eigenvalue weighted by molar-refractivity contribution is 5.89. The number of fused-ring (bicyclic) bond motifs is 1. The Morgan fingerprint density at radius 2 is 1.71 bits per heavy atom. The highest BCUT2D eigenvalue weighted by Crippen LogP contribution is 2.33. The van der Waals surface area contributed by atoms with Crippen LogP contribution in [-0.4, -0.2) is 108 Å². The Morgan fingerprint density at radius 1 is 1.00 bits per heavy atom. The number of anilines is 1. The predicted molar refractivity (Wildman–Crippen MR) is 188 cm³/mol. The monoisotopic (exact) mass is 670 g/mol. The van der Waals surface area contributed by atoms with Gasteiger partial charge in [-0.25, -0.2) is 9.69 Å². The molecule has 3 saturated heterocycles. The summed E-state index contributed by atoms with van der Waals surface area (Å²) in [5.41, 5.74) is 8.72. The predicted octanol–water partition coefficient (Wildman–Crippen LogP) is 2.38. The molecule has 8 atom stereocenters. The average Bonchev–Trinajstić information content (AvgIpc) is 3.68. The zero-order chi connectivity index (χ0) is 33.8. The van der Waals surface area contributed by atoms with Crippen LogP contribution in [0.15, 0.2) is 24.3 Å². The first-order valence-electron chi connectivity index (χ1n) is 18.7. The summed E-state index contributed by atoms with van der Waals surface area (Å²) >= 11 is 0. The number of carbonyl (C=O) groups excluding carboxylic acids is 1. The summed E-state index contributed by atoms with van der Waals surface area (Å²) in [4.78, 5) is 17.0. The van der Waals surface area contributed by atoms with Gasteiger partial charge in [0, 0.05) is 25.3 Å². The smallest absolute Gasteiger partial charge is 0.319 e. The van der Waals surface area contributed by atoms with Crippen LogP contribution in [0, 0.1) is 11.8 Å². The van der Waals surface area contributed by atoms with Gasteiger partial charge in [0.15, 0.2) is 0 Å². The van der Waals surface area contributed by atoms with E-state index in [9.17, 15) is 15.0 Å². The molecule has 12 nitrogen and oxygen atoms in total. The zero-order valence-electron chi connectivity index (χ0n) is 29.4. The van der Waals surface area contributed by atoms with E-state index >= 15 is 0 Å². The van der Waals surface area contributed by atoms with Crippen molar-refractivity contribution in [3.8, 4) is 0 Å². The minimum absolute atomic E-state index is 0.0271. The van der Waals surface area contributed by atoms with E-state index in [-0.39, 0.29) is 36.0 Å². The fourth-order valence-electron chi connectivity index (χ4n) is 8.10. The number of aliphatic hydroxyl groups is 2. The molecule has 0 aromatic heterocycles. The number of benzene rings is 1. The largest absolute Gasteiger partial charge is 0.387 e. The molecular weight excluding hydrogens is 608 g/mol. The molecule has 6 rings (SSSR count). The van der Waals surface area contributed by atoms with E-state index in [0.717, 1.165) is 25.2 Å². The lowest BCUT2D eigenvalue weighted by molar-refractivity contribution is -0.110. The van der Waals surface area contributed by atoms with E-state index < -0.39 is 24.5 Å². The third kappa shape index (κ3) is 9.07. The van der Waals surface area contributed by atoms with Gasteiger partial charge >= 0.3 is 6.03 Å². The maximum Gasteiger partial charge on any atom is 0.319 e.